The van der Waals surface area contributed by atoms with Gasteiger partial charge in [0.1, 0.15) is 10.7 Å². The molecule has 96 valence electrons. The Morgan fingerprint density at radius 2 is 2.47 bits per heavy atom. The maximum atomic E-state index is 12.0. The Kier molecular flexibility index (Phi) is 3.36. The number of anilines is 1. The topological polar surface area (TPSA) is 110 Å². The first-order valence-corrected chi connectivity index (χ1v) is 6.88. The molecule has 2 heterocycles. The second-order valence-corrected chi connectivity index (χ2v) is 5.86. The number of aromatic nitrogens is 2. The molecule has 1 aromatic heterocycles. The van der Waals surface area contributed by atoms with Gasteiger partial charge in [-0.15, -0.1) is 0 Å². The van der Waals surface area contributed by atoms with Crippen LogP contribution in [0.15, 0.2) is 11.1 Å². The van der Waals surface area contributed by atoms with E-state index in [1.54, 1.807) is 0 Å². The van der Waals surface area contributed by atoms with Crippen molar-refractivity contribution in [3.05, 3.63) is 6.20 Å². The van der Waals surface area contributed by atoms with Crippen LogP contribution in [-0.2, 0) is 14.8 Å². The largest absolute Gasteiger partial charge is 0.383 e. The van der Waals surface area contributed by atoms with Crippen molar-refractivity contribution in [3.8, 4) is 0 Å². The van der Waals surface area contributed by atoms with Gasteiger partial charge < -0.3 is 10.5 Å². The van der Waals surface area contributed by atoms with Crippen LogP contribution in [0.25, 0.3) is 0 Å². The third-order valence-corrected chi connectivity index (χ3v) is 4.52. The minimum Gasteiger partial charge on any atom is -0.383 e. The number of rotatable bonds is 4. The van der Waals surface area contributed by atoms with E-state index in [0.29, 0.717) is 13.2 Å². The predicted octanol–water partition coefficient (Wildman–Crippen LogP) is -0.305. The van der Waals surface area contributed by atoms with Crippen LogP contribution in [0.4, 0.5) is 5.82 Å². The fourth-order valence-electron chi connectivity index (χ4n) is 1.85. The molecular weight excluding hydrogens is 244 g/mol. The highest BCUT2D eigenvalue weighted by molar-refractivity contribution is 7.89. The molecule has 0 saturated carbocycles. The van der Waals surface area contributed by atoms with Crippen molar-refractivity contribution in [1.29, 1.82) is 0 Å². The van der Waals surface area contributed by atoms with Gasteiger partial charge >= 0.3 is 0 Å². The Labute approximate surface area is 99.8 Å². The zero-order chi connectivity index (χ0) is 12.5. The number of hydrogen-bond donors (Lipinski definition) is 3. The van der Waals surface area contributed by atoms with Crippen molar-refractivity contribution in [2.75, 3.05) is 18.9 Å². The number of aromatic amines is 1. The lowest BCUT2D eigenvalue weighted by molar-refractivity contribution is 0.180. The summed E-state index contributed by atoms with van der Waals surface area (Å²) < 4.78 is 31.8. The minimum atomic E-state index is -3.61. The number of ether oxygens (including phenoxy) is 1. The molecular formula is C9H16N4O3S. The van der Waals surface area contributed by atoms with Crippen LogP contribution in [-0.4, -0.2) is 37.9 Å². The fraction of sp³-hybridized carbons (Fsp3) is 0.667. The van der Waals surface area contributed by atoms with Crippen LogP contribution in [0.1, 0.15) is 13.3 Å². The minimum absolute atomic E-state index is 0.0109. The van der Waals surface area contributed by atoms with Gasteiger partial charge in [0.2, 0.25) is 10.0 Å². The molecule has 4 N–H and O–H groups in total. The first-order chi connectivity index (χ1) is 8.00. The molecule has 2 unspecified atom stereocenters. The lowest BCUT2D eigenvalue weighted by Crippen LogP contribution is -2.38. The average molecular weight is 260 g/mol. The fourth-order valence-corrected chi connectivity index (χ4v) is 3.19. The lowest BCUT2D eigenvalue weighted by Gasteiger charge is -2.18. The third kappa shape index (κ3) is 2.59. The van der Waals surface area contributed by atoms with Gasteiger partial charge in [0.25, 0.3) is 0 Å². The average Bonchev–Trinajstić information content (AvgIpc) is 2.85. The van der Waals surface area contributed by atoms with E-state index in [2.05, 4.69) is 14.9 Å². The quantitative estimate of drug-likeness (QED) is 0.688. The summed E-state index contributed by atoms with van der Waals surface area (Å²) in [6.07, 6.45) is 2.07. The smallest absolute Gasteiger partial charge is 0.246 e. The molecule has 2 atom stereocenters. The van der Waals surface area contributed by atoms with Gasteiger partial charge in [0, 0.05) is 18.6 Å². The summed E-state index contributed by atoms with van der Waals surface area (Å²) in [4.78, 5) is -0.0109. The van der Waals surface area contributed by atoms with Gasteiger partial charge in [-0.3, -0.25) is 5.10 Å². The molecule has 1 saturated heterocycles. The molecule has 0 aromatic carbocycles. The van der Waals surface area contributed by atoms with Crippen LogP contribution in [0.5, 0.6) is 0 Å². The Balaban J connectivity index is 2.09. The molecule has 0 bridgehead atoms. The monoisotopic (exact) mass is 260 g/mol. The van der Waals surface area contributed by atoms with E-state index in [9.17, 15) is 8.42 Å². The van der Waals surface area contributed by atoms with E-state index < -0.39 is 10.0 Å². The van der Waals surface area contributed by atoms with E-state index in [1.807, 2.05) is 6.92 Å². The maximum Gasteiger partial charge on any atom is 0.246 e. The summed E-state index contributed by atoms with van der Waals surface area (Å²) in [5, 5.41) is 6.00. The summed E-state index contributed by atoms with van der Waals surface area (Å²) in [7, 11) is -3.61. The predicted molar refractivity (Wildman–Crippen MR) is 61.7 cm³/mol. The first-order valence-electron chi connectivity index (χ1n) is 5.39. The Morgan fingerprint density at radius 3 is 3.00 bits per heavy atom. The number of nitrogens with zero attached hydrogens (tertiary/aromatic N) is 1. The second-order valence-electron chi connectivity index (χ2n) is 4.18. The Bertz CT molecular complexity index is 478. The van der Waals surface area contributed by atoms with Crippen molar-refractivity contribution < 1.29 is 13.2 Å². The molecule has 1 aliphatic rings. The van der Waals surface area contributed by atoms with Crippen molar-refractivity contribution in [2.24, 2.45) is 5.92 Å². The van der Waals surface area contributed by atoms with Gasteiger partial charge in [-0.05, 0) is 13.3 Å². The molecule has 0 aliphatic carbocycles. The normalized spacial score (nSPS) is 22.8. The second kappa shape index (κ2) is 4.63. The van der Waals surface area contributed by atoms with Gasteiger partial charge in [-0.1, -0.05) is 0 Å². The zero-order valence-electron chi connectivity index (χ0n) is 9.51. The van der Waals surface area contributed by atoms with Gasteiger partial charge in [-0.2, -0.15) is 5.10 Å². The maximum absolute atomic E-state index is 12.0. The van der Waals surface area contributed by atoms with Gasteiger partial charge in [0.15, 0.2) is 0 Å². The molecule has 1 aromatic rings. The van der Waals surface area contributed by atoms with E-state index in [0.717, 1.165) is 6.42 Å². The number of nitrogens with two attached hydrogens (primary N) is 1. The van der Waals surface area contributed by atoms with Crippen LogP contribution in [0.2, 0.25) is 0 Å². The number of H-pyrrole nitrogens is 1. The van der Waals surface area contributed by atoms with Crippen molar-refractivity contribution in [2.45, 2.75) is 24.3 Å². The van der Waals surface area contributed by atoms with Crippen molar-refractivity contribution >= 4 is 15.8 Å². The van der Waals surface area contributed by atoms with E-state index in [1.165, 1.54) is 6.20 Å². The molecule has 7 nitrogen and oxygen atoms in total. The number of sulfonamides is 1. The Hall–Kier alpha value is -1.12. The first kappa shape index (κ1) is 12.3. The SMILES string of the molecule is CC(NS(=O)(=O)c1cn[nH]c1N)C1CCOC1. The zero-order valence-corrected chi connectivity index (χ0v) is 10.3. The van der Waals surface area contributed by atoms with Gasteiger partial charge in [0.05, 0.1) is 12.8 Å². The molecule has 1 fully saturated rings. The number of hydrogen-bond acceptors (Lipinski definition) is 5. The number of nitrogen functional groups attached to an aromatic ring is 1. The molecule has 8 heteroatoms. The standard InChI is InChI=1S/C9H16N4O3S/c1-6(7-2-3-16-5-7)13-17(14,15)8-4-11-12-9(8)10/h4,6-7,13H,2-3,5H2,1H3,(H3,10,11,12). The van der Waals surface area contributed by atoms with Crippen molar-refractivity contribution in [3.63, 3.8) is 0 Å². The molecule has 1 aliphatic heterocycles. The van der Waals surface area contributed by atoms with Crippen LogP contribution in [0, 0.1) is 5.92 Å². The van der Waals surface area contributed by atoms with Crippen LogP contribution in [0.3, 0.4) is 0 Å². The van der Waals surface area contributed by atoms with Gasteiger partial charge in [-0.25, -0.2) is 13.1 Å². The lowest BCUT2D eigenvalue weighted by atomic mass is 10.0. The van der Waals surface area contributed by atoms with E-state index >= 15 is 0 Å². The Morgan fingerprint density at radius 1 is 1.71 bits per heavy atom. The molecule has 17 heavy (non-hydrogen) atoms. The molecule has 0 spiro atoms. The highest BCUT2D eigenvalue weighted by Gasteiger charge is 2.28. The van der Waals surface area contributed by atoms with Crippen molar-refractivity contribution in [1.82, 2.24) is 14.9 Å². The summed E-state index contributed by atoms with van der Waals surface area (Å²) in [5.41, 5.74) is 5.49. The highest BCUT2D eigenvalue weighted by atomic mass is 32.2. The van der Waals surface area contributed by atoms with Crippen LogP contribution >= 0.6 is 0 Å². The molecule has 2 rings (SSSR count). The summed E-state index contributed by atoms with van der Waals surface area (Å²) in [5.74, 6) is 0.255. The molecule has 0 radical (unpaired) electrons. The summed E-state index contributed by atoms with van der Waals surface area (Å²) in [6, 6.07) is -0.184. The van der Waals surface area contributed by atoms with E-state index in [-0.39, 0.29) is 22.7 Å². The summed E-state index contributed by atoms with van der Waals surface area (Å²) >= 11 is 0. The number of nitrogens with one attached hydrogen (secondary N) is 2. The third-order valence-electron chi connectivity index (χ3n) is 2.93. The highest BCUT2D eigenvalue weighted by Crippen LogP contribution is 2.20. The summed E-state index contributed by atoms with van der Waals surface area (Å²) in [6.45, 7) is 3.10. The van der Waals surface area contributed by atoms with E-state index in [4.69, 9.17) is 10.5 Å². The molecule has 0 amide bonds. The van der Waals surface area contributed by atoms with Crippen LogP contribution < -0.4 is 10.5 Å².